The van der Waals surface area contributed by atoms with Gasteiger partial charge in [0.05, 0.1) is 12.1 Å². The van der Waals surface area contributed by atoms with Gasteiger partial charge in [-0.1, -0.05) is 20.8 Å². The quantitative estimate of drug-likeness (QED) is 0.571. The number of hydrazine groups is 1. The van der Waals surface area contributed by atoms with E-state index in [0.717, 1.165) is 32.7 Å². The van der Waals surface area contributed by atoms with E-state index < -0.39 is 0 Å². The Hall–Kier alpha value is -0.160. The van der Waals surface area contributed by atoms with Gasteiger partial charge in [0.2, 0.25) is 0 Å². The van der Waals surface area contributed by atoms with Crippen molar-refractivity contribution in [1.29, 1.82) is 0 Å². The molecule has 1 fully saturated rings. The van der Waals surface area contributed by atoms with E-state index >= 15 is 0 Å². The van der Waals surface area contributed by atoms with Gasteiger partial charge in [0, 0.05) is 19.8 Å². The number of nitrogens with one attached hydrogen (secondary N) is 1. The van der Waals surface area contributed by atoms with Gasteiger partial charge in [-0.3, -0.25) is 11.3 Å². The van der Waals surface area contributed by atoms with Gasteiger partial charge in [0.1, 0.15) is 0 Å². The van der Waals surface area contributed by atoms with Gasteiger partial charge in [-0.25, -0.2) is 0 Å². The number of hydrogen-bond acceptors (Lipinski definition) is 4. The van der Waals surface area contributed by atoms with E-state index in [1.165, 1.54) is 0 Å². The van der Waals surface area contributed by atoms with Crippen LogP contribution in [0.3, 0.4) is 0 Å². The van der Waals surface area contributed by atoms with Crippen molar-refractivity contribution in [3.63, 3.8) is 0 Å². The molecule has 0 radical (unpaired) electrons. The fraction of sp³-hybridized carbons (Fsp3) is 1.00. The summed E-state index contributed by atoms with van der Waals surface area (Å²) < 4.78 is 11.3. The molecule has 4 nitrogen and oxygen atoms in total. The maximum atomic E-state index is 5.93. The van der Waals surface area contributed by atoms with Gasteiger partial charge < -0.3 is 9.47 Å². The molecule has 0 aliphatic carbocycles. The van der Waals surface area contributed by atoms with Gasteiger partial charge in [-0.2, -0.15) is 0 Å². The standard InChI is InChI=1S/C13H28N2O2/c1-5-17-12(13(2,3)4)11(15-14)10-6-8-16-9-7-10/h10-12,15H,5-9,14H2,1-4H3. The molecule has 102 valence electrons. The smallest absolute Gasteiger partial charge is 0.0792 e. The lowest BCUT2D eigenvalue weighted by Gasteiger charge is -2.41. The lowest BCUT2D eigenvalue weighted by Crippen LogP contribution is -2.55. The molecule has 0 bridgehead atoms. The van der Waals surface area contributed by atoms with E-state index in [1.807, 2.05) is 6.92 Å². The molecule has 0 aromatic rings. The Bertz CT molecular complexity index is 210. The zero-order valence-electron chi connectivity index (χ0n) is 11.7. The molecular formula is C13H28N2O2. The first-order chi connectivity index (χ1) is 8.00. The highest BCUT2D eigenvalue weighted by Gasteiger charge is 2.37. The topological polar surface area (TPSA) is 56.5 Å². The van der Waals surface area contributed by atoms with Crippen molar-refractivity contribution >= 4 is 0 Å². The fourth-order valence-electron chi connectivity index (χ4n) is 2.62. The molecule has 2 unspecified atom stereocenters. The summed E-state index contributed by atoms with van der Waals surface area (Å²) in [6, 6.07) is 0.207. The summed E-state index contributed by atoms with van der Waals surface area (Å²) in [5.41, 5.74) is 3.07. The van der Waals surface area contributed by atoms with Crippen molar-refractivity contribution < 1.29 is 9.47 Å². The zero-order chi connectivity index (χ0) is 12.9. The largest absolute Gasteiger partial charge is 0.381 e. The zero-order valence-corrected chi connectivity index (χ0v) is 11.7. The highest BCUT2D eigenvalue weighted by Crippen LogP contribution is 2.31. The third kappa shape index (κ3) is 4.21. The first-order valence-electron chi connectivity index (χ1n) is 6.66. The van der Waals surface area contributed by atoms with Gasteiger partial charge in [0.15, 0.2) is 0 Å². The summed E-state index contributed by atoms with van der Waals surface area (Å²) in [5.74, 6) is 6.31. The van der Waals surface area contributed by atoms with Crippen LogP contribution in [0.25, 0.3) is 0 Å². The molecule has 1 rings (SSSR count). The first kappa shape index (κ1) is 14.9. The normalized spacial score (nSPS) is 22.4. The molecule has 17 heavy (non-hydrogen) atoms. The second-order valence-corrected chi connectivity index (χ2v) is 5.88. The average molecular weight is 244 g/mol. The summed E-state index contributed by atoms with van der Waals surface area (Å²) in [4.78, 5) is 0. The molecule has 3 N–H and O–H groups in total. The minimum atomic E-state index is 0.0886. The van der Waals surface area contributed by atoms with Crippen molar-refractivity contribution in [2.24, 2.45) is 17.2 Å². The van der Waals surface area contributed by atoms with Crippen LogP contribution in [0.5, 0.6) is 0 Å². The Morgan fingerprint density at radius 1 is 1.35 bits per heavy atom. The van der Waals surface area contributed by atoms with Crippen LogP contribution < -0.4 is 11.3 Å². The van der Waals surface area contributed by atoms with Crippen LogP contribution in [0.2, 0.25) is 0 Å². The number of nitrogens with two attached hydrogens (primary N) is 1. The molecule has 1 heterocycles. The molecule has 1 aliphatic heterocycles. The lowest BCUT2D eigenvalue weighted by atomic mass is 9.77. The predicted molar refractivity (Wildman–Crippen MR) is 69.5 cm³/mol. The Morgan fingerprint density at radius 2 is 1.94 bits per heavy atom. The average Bonchev–Trinajstić information content (AvgIpc) is 2.29. The molecule has 2 atom stereocenters. The van der Waals surface area contributed by atoms with E-state index in [9.17, 15) is 0 Å². The second-order valence-electron chi connectivity index (χ2n) is 5.88. The molecule has 4 heteroatoms. The Balaban J connectivity index is 2.72. The molecule has 0 aromatic carbocycles. The van der Waals surface area contributed by atoms with E-state index in [0.29, 0.717) is 5.92 Å². The third-order valence-electron chi connectivity index (χ3n) is 3.49. The van der Waals surface area contributed by atoms with Crippen LogP contribution in [-0.2, 0) is 9.47 Å². The molecule has 0 saturated carbocycles. The Labute approximate surface area is 105 Å². The Kier molecular flexibility index (Phi) is 5.86. The lowest BCUT2D eigenvalue weighted by molar-refractivity contribution is -0.0630. The van der Waals surface area contributed by atoms with Crippen molar-refractivity contribution in [1.82, 2.24) is 5.43 Å². The van der Waals surface area contributed by atoms with Crippen LogP contribution in [0.15, 0.2) is 0 Å². The number of hydrogen-bond donors (Lipinski definition) is 2. The van der Waals surface area contributed by atoms with Crippen molar-refractivity contribution in [2.75, 3.05) is 19.8 Å². The summed E-state index contributed by atoms with van der Waals surface area (Å²) in [6.45, 7) is 11.1. The minimum Gasteiger partial charge on any atom is -0.381 e. The highest BCUT2D eigenvalue weighted by atomic mass is 16.5. The van der Waals surface area contributed by atoms with E-state index in [4.69, 9.17) is 15.3 Å². The molecule has 0 spiro atoms. The van der Waals surface area contributed by atoms with Gasteiger partial charge in [0.25, 0.3) is 0 Å². The van der Waals surface area contributed by atoms with Crippen molar-refractivity contribution in [2.45, 2.75) is 52.7 Å². The number of rotatable bonds is 5. The van der Waals surface area contributed by atoms with Crippen LogP contribution >= 0.6 is 0 Å². The second kappa shape index (κ2) is 6.69. The fourth-order valence-corrected chi connectivity index (χ4v) is 2.62. The monoisotopic (exact) mass is 244 g/mol. The van der Waals surface area contributed by atoms with Crippen LogP contribution in [-0.4, -0.2) is 32.0 Å². The van der Waals surface area contributed by atoms with Crippen LogP contribution in [0.4, 0.5) is 0 Å². The van der Waals surface area contributed by atoms with Crippen molar-refractivity contribution in [3.05, 3.63) is 0 Å². The summed E-state index contributed by atoms with van der Waals surface area (Å²) >= 11 is 0. The van der Waals surface area contributed by atoms with E-state index in [-0.39, 0.29) is 17.6 Å². The summed E-state index contributed by atoms with van der Waals surface area (Å²) in [6.07, 6.45) is 2.27. The van der Waals surface area contributed by atoms with Crippen molar-refractivity contribution in [3.8, 4) is 0 Å². The summed E-state index contributed by atoms with van der Waals surface area (Å²) in [5, 5.41) is 0. The van der Waals surface area contributed by atoms with Gasteiger partial charge in [-0.15, -0.1) is 0 Å². The predicted octanol–water partition coefficient (Wildman–Crippen LogP) is 1.70. The Morgan fingerprint density at radius 3 is 2.35 bits per heavy atom. The first-order valence-corrected chi connectivity index (χ1v) is 6.66. The van der Waals surface area contributed by atoms with E-state index in [1.54, 1.807) is 0 Å². The van der Waals surface area contributed by atoms with Crippen LogP contribution in [0, 0.1) is 11.3 Å². The maximum Gasteiger partial charge on any atom is 0.0792 e. The van der Waals surface area contributed by atoms with Gasteiger partial charge in [-0.05, 0) is 31.1 Å². The molecule has 1 saturated heterocycles. The summed E-state index contributed by atoms with van der Waals surface area (Å²) in [7, 11) is 0. The van der Waals surface area contributed by atoms with E-state index in [2.05, 4.69) is 26.2 Å². The third-order valence-corrected chi connectivity index (χ3v) is 3.49. The maximum absolute atomic E-state index is 5.93. The number of ether oxygens (including phenoxy) is 2. The molecular weight excluding hydrogens is 216 g/mol. The molecule has 0 aromatic heterocycles. The highest BCUT2D eigenvalue weighted by molar-refractivity contribution is 4.90. The molecule has 1 aliphatic rings. The molecule has 0 amide bonds. The minimum absolute atomic E-state index is 0.0886. The van der Waals surface area contributed by atoms with Crippen LogP contribution in [0.1, 0.15) is 40.5 Å². The SMILES string of the molecule is CCOC(C(NN)C1CCOCC1)C(C)(C)C. The van der Waals surface area contributed by atoms with Gasteiger partial charge >= 0.3 is 0 Å².